The van der Waals surface area contributed by atoms with E-state index in [-0.39, 0.29) is 0 Å². The summed E-state index contributed by atoms with van der Waals surface area (Å²) in [6, 6.07) is 18.2. The first-order chi connectivity index (χ1) is 15.6. The summed E-state index contributed by atoms with van der Waals surface area (Å²) in [4.78, 5) is 20.2. The molecule has 5 rings (SSSR count). The van der Waals surface area contributed by atoms with Crippen molar-refractivity contribution in [1.82, 2.24) is 34.9 Å². The van der Waals surface area contributed by atoms with E-state index in [2.05, 4.69) is 49.2 Å². The molecule has 8 heteroatoms. The van der Waals surface area contributed by atoms with Gasteiger partial charge in [-0.25, -0.2) is 15.0 Å². The van der Waals surface area contributed by atoms with Gasteiger partial charge in [0, 0.05) is 24.0 Å². The van der Waals surface area contributed by atoms with Crippen LogP contribution in [0.3, 0.4) is 0 Å². The second-order valence-corrected chi connectivity index (χ2v) is 7.50. The van der Waals surface area contributed by atoms with Crippen LogP contribution in [0.5, 0.6) is 0 Å². The molecule has 0 spiro atoms. The fourth-order valence-electron chi connectivity index (χ4n) is 3.67. The molecular weight excluding hydrogens is 400 g/mol. The highest BCUT2D eigenvalue weighted by Crippen LogP contribution is 2.28. The van der Waals surface area contributed by atoms with Crippen LogP contribution < -0.4 is 4.90 Å². The van der Waals surface area contributed by atoms with E-state index in [1.807, 2.05) is 56.3 Å². The summed E-state index contributed by atoms with van der Waals surface area (Å²) in [5.74, 6) is 1.33. The van der Waals surface area contributed by atoms with Gasteiger partial charge in [-0.1, -0.05) is 29.5 Å². The highest BCUT2D eigenvalue weighted by atomic mass is 15.5. The molecule has 3 aromatic heterocycles. The van der Waals surface area contributed by atoms with Gasteiger partial charge in [-0.15, -0.1) is 5.10 Å². The molecule has 0 unspecified atom stereocenters. The summed E-state index contributed by atoms with van der Waals surface area (Å²) >= 11 is 0. The molecule has 0 saturated carbocycles. The minimum absolute atomic E-state index is 0.590. The van der Waals surface area contributed by atoms with Gasteiger partial charge >= 0.3 is 0 Å². The molecular formula is C24H22N8. The van der Waals surface area contributed by atoms with Crippen molar-refractivity contribution in [2.45, 2.75) is 20.8 Å². The average Bonchev–Trinajstić information content (AvgIpc) is 3.23. The topological polar surface area (TPSA) is 85.5 Å². The summed E-state index contributed by atoms with van der Waals surface area (Å²) < 4.78 is 1.75. The number of fused-ring (bicyclic) bond motifs is 1. The fourth-order valence-corrected chi connectivity index (χ4v) is 3.67. The number of nitrogens with zero attached hydrogens (tertiary/aromatic N) is 8. The third kappa shape index (κ3) is 3.66. The lowest BCUT2D eigenvalue weighted by Crippen LogP contribution is -2.19. The normalized spacial score (nSPS) is 11.1. The first kappa shape index (κ1) is 19.7. The van der Waals surface area contributed by atoms with Crippen LogP contribution in [0.25, 0.3) is 28.1 Å². The van der Waals surface area contributed by atoms with Crippen LogP contribution in [0.15, 0.2) is 67.0 Å². The van der Waals surface area contributed by atoms with Crippen LogP contribution in [-0.4, -0.2) is 41.5 Å². The van der Waals surface area contributed by atoms with E-state index in [4.69, 9.17) is 4.98 Å². The van der Waals surface area contributed by atoms with Crippen LogP contribution in [0.2, 0.25) is 0 Å². The third-order valence-corrected chi connectivity index (χ3v) is 5.21. The van der Waals surface area contributed by atoms with Gasteiger partial charge in [0.15, 0.2) is 11.2 Å². The highest BCUT2D eigenvalue weighted by molar-refractivity contribution is 5.74. The van der Waals surface area contributed by atoms with E-state index in [1.54, 1.807) is 17.1 Å². The first-order valence-corrected chi connectivity index (χ1v) is 10.5. The van der Waals surface area contributed by atoms with E-state index >= 15 is 0 Å². The Morgan fingerprint density at radius 2 is 1.81 bits per heavy atom. The van der Waals surface area contributed by atoms with Crippen LogP contribution >= 0.6 is 0 Å². The molecule has 8 nitrogen and oxygen atoms in total. The lowest BCUT2D eigenvalue weighted by Gasteiger charge is -2.21. The summed E-state index contributed by atoms with van der Waals surface area (Å²) in [5.41, 5.74) is 6.26. The van der Waals surface area contributed by atoms with E-state index < -0.39 is 0 Å². The van der Waals surface area contributed by atoms with Crippen LogP contribution in [0, 0.1) is 13.8 Å². The number of benzene rings is 2. The summed E-state index contributed by atoms with van der Waals surface area (Å²) in [5, 5.41) is 8.54. The largest absolute Gasteiger partial charge is 0.311 e. The van der Waals surface area contributed by atoms with Gasteiger partial charge in [0.2, 0.25) is 5.95 Å². The van der Waals surface area contributed by atoms with E-state index in [9.17, 15) is 0 Å². The summed E-state index contributed by atoms with van der Waals surface area (Å²) in [7, 11) is 0. The molecule has 0 bridgehead atoms. The molecule has 0 aliphatic heterocycles. The monoisotopic (exact) mass is 422 g/mol. The van der Waals surface area contributed by atoms with Crippen LogP contribution in [-0.2, 0) is 0 Å². The molecule has 0 aliphatic carbocycles. The van der Waals surface area contributed by atoms with Gasteiger partial charge < -0.3 is 4.90 Å². The molecule has 32 heavy (non-hydrogen) atoms. The molecule has 0 atom stereocenters. The predicted octanol–water partition coefficient (Wildman–Crippen LogP) is 4.44. The predicted molar refractivity (Wildman–Crippen MR) is 124 cm³/mol. The minimum Gasteiger partial charge on any atom is -0.311 e. The van der Waals surface area contributed by atoms with Gasteiger partial charge in [0.05, 0.1) is 17.6 Å². The third-order valence-electron chi connectivity index (χ3n) is 5.21. The molecule has 0 aliphatic rings. The molecule has 0 fully saturated rings. The van der Waals surface area contributed by atoms with Gasteiger partial charge in [0.25, 0.3) is 0 Å². The van der Waals surface area contributed by atoms with E-state index in [1.165, 1.54) is 0 Å². The number of aromatic nitrogens is 7. The summed E-state index contributed by atoms with van der Waals surface area (Å²) in [6.45, 7) is 6.71. The molecule has 0 saturated heterocycles. The second-order valence-electron chi connectivity index (χ2n) is 7.50. The maximum atomic E-state index is 4.83. The first-order valence-electron chi connectivity index (χ1n) is 10.5. The zero-order chi connectivity index (χ0) is 22.1. The Bertz CT molecular complexity index is 1410. The lowest BCUT2D eigenvalue weighted by atomic mass is 10.1. The van der Waals surface area contributed by atoms with Crippen molar-refractivity contribution >= 4 is 22.8 Å². The minimum atomic E-state index is 0.590. The van der Waals surface area contributed by atoms with Crippen molar-refractivity contribution in [1.29, 1.82) is 0 Å². The van der Waals surface area contributed by atoms with E-state index in [0.29, 0.717) is 23.7 Å². The molecule has 5 aromatic rings. The van der Waals surface area contributed by atoms with Crippen molar-refractivity contribution in [2.24, 2.45) is 0 Å². The zero-order valence-corrected chi connectivity index (χ0v) is 18.1. The Morgan fingerprint density at radius 3 is 2.62 bits per heavy atom. The number of hydrogen-bond acceptors (Lipinski definition) is 7. The Kier molecular flexibility index (Phi) is 5.03. The Labute approximate surface area is 185 Å². The molecule has 2 aromatic carbocycles. The molecule has 0 radical (unpaired) electrons. The van der Waals surface area contributed by atoms with Crippen molar-refractivity contribution in [3.05, 3.63) is 78.4 Å². The quantitative estimate of drug-likeness (QED) is 0.414. The Hall–Kier alpha value is -4.20. The number of aryl methyl sites for hydroxylation is 2. The maximum absolute atomic E-state index is 4.83. The van der Waals surface area contributed by atoms with Gasteiger partial charge in [-0.2, -0.15) is 9.67 Å². The fraction of sp³-hybridized carbons (Fsp3) is 0.167. The van der Waals surface area contributed by atoms with Gasteiger partial charge in [0.1, 0.15) is 5.82 Å². The van der Waals surface area contributed by atoms with Crippen molar-refractivity contribution < 1.29 is 0 Å². The van der Waals surface area contributed by atoms with Gasteiger partial charge in [-0.05, 0) is 56.7 Å². The molecule has 3 heterocycles. The van der Waals surface area contributed by atoms with E-state index in [0.717, 1.165) is 34.0 Å². The zero-order valence-electron chi connectivity index (χ0n) is 18.1. The summed E-state index contributed by atoms with van der Waals surface area (Å²) in [6.07, 6.45) is 3.50. The number of rotatable bonds is 5. The highest BCUT2D eigenvalue weighted by Gasteiger charge is 2.16. The van der Waals surface area contributed by atoms with Crippen molar-refractivity contribution in [3.8, 4) is 16.9 Å². The SMILES string of the molecule is CCN(c1cccc(-c2ccnc(C)n2)c1)c1ncc2nnn(-c3cccc(C)c3)c2n1. The number of hydrogen-bond donors (Lipinski definition) is 0. The average molecular weight is 422 g/mol. The second kappa shape index (κ2) is 8.14. The molecule has 158 valence electrons. The molecule has 0 N–H and O–H groups in total. The molecule has 0 amide bonds. The standard InChI is InChI=1S/C24H22N8/c1-4-31(19-9-6-8-18(14-19)21-11-12-25-17(3)27-21)24-26-15-22-23(28-24)32(30-29-22)20-10-5-7-16(2)13-20/h5-15H,4H2,1-3H3. The Morgan fingerprint density at radius 1 is 0.938 bits per heavy atom. The van der Waals surface area contributed by atoms with Crippen molar-refractivity contribution in [3.63, 3.8) is 0 Å². The van der Waals surface area contributed by atoms with Crippen LogP contribution in [0.4, 0.5) is 11.6 Å². The maximum Gasteiger partial charge on any atom is 0.232 e. The smallest absolute Gasteiger partial charge is 0.232 e. The van der Waals surface area contributed by atoms with Gasteiger partial charge in [-0.3, -0.25) is 0 Å². The lowest BCUT2D eigenvalue weighted by molar-refractivity contribution is 0.815. The van der Waals surface area contributed by atoms with Crippen molar-refractivity contribution in [2.75, 3.05) is 11.4 Å². The number of anilines is 2. The Balaban J connectivity index is 1.57. The van der Waals surface area contributed by atoms with Crippen LogP contribution in [0.1, 0.15) is 18.3 Å².